The molecule has 2 aromatic rings. The predicted molar refractivity (Wildman–Crippen MR) is 103 cm³/mol. The number of hydrogen-bond acceptors (Lipinski definition) is 2. The molecule has 0 radical (unpaired) electrons. The molecule has 1 aliphatic carbocycles. The number of hydrogen-bond donors (Lipinski definition) is 2. The molecule has 134 valence electrons. The summed E-state index contributed by atoms with van der Waals surface area (Å²) in [5, 5.41) is 23.9. The summed E-state index contributed by atoms with van der Waals surface area (Å²) in [5.74, 6) is 0. The van der Waals surface area contributed by atoms with Crippen LogP contribution in [0.25, 0.3) is 0 Å². The van der Waals surface area contributed by atoms with E-state index in [4.69, 9.17) is 0 Å². The molecule has 0 atom stereocenters. The lowest BCUT2D eigenvalue weighted by Gasteiger charge is -2.48. The number of rotatable bonds is 3. The minimum absolute atomic E-state index is 0.629. The maximum atomic E-state index is 12.2. The van der Waals surface area contributed by atoms with Crippen LogP contribution in [0.4, 0.5) is 0 Å². The average molecular weight is 338 g/mol. The summed E-state index contributed by atoms with van der Waals surface area (Å²) in [6.45, 7) is 8.13. The predicted octanol–water partition coefficient (Wildman–Crippen LogP) is 4.85. The summed E-state index contributed by atoms with van der Waals surface area (Å²) in [5.41, 5.74) is 3.40. The van der Waals surface area contributed by atoms with Crippen LogP contribution < -0.4 is 0 Å². The van der Waals surface area contributed by atoms with Gasteiger partial charge in [-0.3, -0.25) is 0 Å². The summed E-state index contributed by atoms with van der Waals surface area (Å²) in [7, 11) is 0. The van der Waals surface area contributed by atoms with Gasteiger partial charge in [0.05, 0.1) is 0 Å². The molecule has 0 saturated heterocycles. The van der Waals surface area contributed by atoms with Gasteiger partial charge in [0.15, 0.2) is 0 Å². The van der Waals surface area contributed by atoms with E-state index in [1.54, 1.807) is 0 Å². The Morgan fingerprint density at radius 1 is 0.760 bits per heavy atom. The minimum atomic E-state index is -1.39. The molecule has 1 aliphatic rings. The molecule has 0 amide bonds. The Morgan fingerprint density at radius 3 is 1.64 bits per heavy atom. The monoisotopic (exact) mass is 338 g/mol. The van der Waals surface area contributed by atoms with Gasteiger partial charge >= 0.3 is 0 Å². The lowest BCUT2D eigenvalue weighted by molar-refractivity contribution is -0.151. The molecule has 2 nitrogen and oxygen atoms in total. The van der Waals surface area contributed by atoms with Crippen LogP contribution in [-0.4, -0.2) is 15.8 Å². The zero-order valence-electron chi connectivity index (χ0n) is 15.9. The first-order valence-electron chi connectivity index (χ1n) is 9.38. The van der Waals surface area contributed by atoms with Gasteiger partial charge in [-0.1, -0.05) is 66.8 Å². The molecule has 0 aliphatic heterocycles. The highest BCUT2D eigenvalue weighted by Gasteiger charge is 2.53. The second-order valence-corrected chi connectivity index (χ2v) is 7.94. The van der Waals surface area contributed by atoms with Crippen molar-refractivity contribution in [2.24, 2.45) is 0 Å². The van der Waals surface area contributed by atoms with Gasteiger partial charge in [0.2, 0.25) is 0 Å². The van der Waals surface area contributed by atoms with Crippen molar-refractivity contribution in [2.45, 2.75) is 71.0 Å². The first-order valence-corrected chi connectivity index (χ1v) is 9.38. The molecule has 3 rings (SSSR count). The van der Waals surface area contributed by atoms with E-state index in [1.165, 1.54) is 0 Å². The maximum absolute atomic E-state index is 12.2. The van der Waals surface area contributed by atoms with E-state index in [0.29, 0.717) is 12.8 Å². The lowest BCUT2D eigenvalue weighted by Crippen LogP contribution is -2.54. The third-order valence-corrected chi connectivity index (χ3v) is 5.92. The second kappa shape index (κ2) is 6.59. The summed E-state index contributed by atoms with van der Waals surface area (Å²) in [6, 6.07) is 12.3. The topological polar surface area (TPSA) is 40.5 Å². The SMILES string of the molecule is Cc1ccc(C)c(C(O)(c2cc(C)ccc2C)C2(O)CCCCC2)c1. The van der Waals surface area contributed by atoms with Gasteiger partial charge in [0.25, 0.3) is 0 Å². The van der Waals surface area contributed by atoms with Gasteiger partial charge in [-0.05, 0) is 62.8 Å². The Hall–Kier alpha value is -1.64. The van der Waals surface area contributed by atoms with E-state index < -0.39 is 11.2 Å². The Bertz CT molecular complexity index is 718. The van der Waals surface area contributed by atoms with Crippen LogP contribution in [0.5, 0.6) is 0 Å². The summed E-state index contributed by atoms with van der Waals surface area (Å²) in [6.07, 6.45) is 4.29. The van der Waals surface area contributed by atoms with Crippen LogP contribution in [0, 0.1) is 27.7 Å². The molecule has 2 N–H and O–H groups in total. The third-order valence-electron chi connectivity index (χ3n) is 5.92. The fourth-order valence-corrected chi connectivity index (χ4v) is 4.40. The van der Waals surface area contributed by atoms with Crippen molar-refractivity contribution in [2.75, 3.05) is 0 Å². The molecule has 0 bridgehead atoms. The van der Waals surface area contributed by atoms with Gasteiger partial charge < -0.3 is 10.2 Å². The molecule has 1 saturated carbocycles. The van der Waals surface area contributed by atoms with E-state index >= 15 is 0 Å². The van der Waals surface area contributed by atoms with Crippen molar-refractivity contribution in [3.8, 4) is 0 Å². The summed E-state index contributed by atoms with van der Waals surface area (Å²) in [4.78, 5) is 0. The molecule has 1 fully saturated rings. The fourth-order valence-electron chi connectivity index (χ4n) is 4.40. The molecule has 2 aromatic carbocycles. The van der Waals surface area contributed by atoms with Crippen LogP contribution in [0.2, 0.25) is 0 Å². The molecule has 0 heterocycles. The van der Waals surface area contributed by atoms with Crippen LogP contribution in [0.3, 0.4) is 0 Å². The molecule has 25 heavy (non-hydrogen) atoms. The normalized spacial score (nSPS) is 17.5. The highest BCUT2D eigenvalue weighted by molar-refractivity contribution is 5.49. The van der Waals surface area contributed by atoms with Gasteiger partial charge in [-0.15, -0.1) is 0 Å². The standard InChI is InChI=1S/C23H30O2/c1-16-8-10-18(3)20(14-16)23(25,22(24)12-6-5-7-13-22)21-15-17(2)9-11-19(21)4/h8-11,14-15,24-25H,5-7,12-13H2,1-4H3. The number of benzene rings is 2. The van der Waals surface area contributed by atoms with E-state index in [1.807, 2.05) is 52.0 Å². The molecular formula is C23H30O2. The van der Waals surface area contributed by atoms with Crippen molar-refractivity contribution < 1.29 is 10.2 Å². The van der Waals surface area contributed by atoms with Crippen LogP contribution in [0.1, 0.15) is 65.5 Å². The molecule has 2 heteroatoms. The Labute approximate surface area is 151 Å². The van der Waals surface area contributed by atoms with Crippen molar-refractivity contribution in [1.82, 2.24) is 0 Å². The Balaban J connectivity index is 2.32. The zero-order chi connectivity index (χ0) is 18.2. The van der Waals surface area contributed by atoms with E-state index in [0.717, 1.165) is 52.6 Å². The first-order chi connectivity index (χ1) is 11.8. The van der Waals surface area contributed by atoms with E-state index in [-0.39, 0.29) is 0 Å². The van der Waals surface area contributed by atoms with Gasteiger partial charge in [0, 0.05) is 0 Å². The first kappa shape index (κ1) is 18.2. The lowest BCUT2D eigenvalue weighted by atomic mass is 9.64. The van der Waals surface area contributed by atoms with Crippen molar-refractivity contribution >= 4 is 0 Å². The van der Waals surface area contributed by atoms with Crippen molar-refractivity contribution in [3.63, 3.8) is 0 Å². The molecule has 0 spiro atoms. The van der Waals surface area contributed by atoms with Crippen molar-refractivity contribution in [1.29, 1.82) is 0 Å². The van der Waals surface area contributed by atoms with Gasteiger partial charge in [-0.25, -0.2) is 0 Å². The third kappa shape index (κ3) is 3.02. The van der Waals surface area contributed by atoms with Crippen LogP contribution in [0.15, 0.2) is 36.4 Å². The Morgan fingerprint density at radius 2 is 1.20 bits per heavy atom. The maximum Gasteiger partial charge on any atom is 0.144 e. The zero-order valence-corrected chi connectivity index (χ0v) is 15.9. The van der Waals surface area contributed by atoms with Crippen LogP contribution in [-0.2, 0) is 5.60 Å². The molecule has 0 aromatic heterocycles. The second-order valence-electron chi connectivity index (χ2n) is 7.94. The summed E-state index contributed by atoms with van der Waals surface area (Å²) >= 11 is 0. The minimum Gasteiger partial charge on any atom is -0.386 e. The Kier molecular flexibility index (Phi) is 4.78. The van der Waals surface area contributed by atoms with Crippen molar-refractivity contribution in [3.05, 3.63) is 69.8 Å². The number of aryl methyl sites for hydroxylation is 4. The summed E-state index contributed by atoms with van der Waals surface area (Å²) < 4.78 is 0. The quantitative estimate of drug-likeness (QED) is 0.840. The average Bonchev–Trinajstić information content (AvgIpc) is 2.59. The van der Waals surface area contributed by atoms with Gasteiger partial charge in [-0.2, -0.15) is 0 Å². The molecular weight excluding hydrogens is 308 g/mol. The fraction of sp³-hybridized carbons (Fsp3) is 0.478. The smallest absolute Gasteiger partial charge is 0.144 e. The van der Waals surface area contributed by atoms with E-state index in [9.17, 15) is 10.2 Å². The largest absolute Gasteiger partial charge is 0.386 e. The highest BCUT2D eigenvalue weighted by Crippen LogP contribution is 2.49. The number of aliphatic hydroxyl groups is 2. The van der Waals surface area contributed by atoms with Crippen LogP contribution >= 0.6 is 0 Å². The molecule has 0 unspecified atom stereocenters. The van der Waals surface area contributed by atoms with E-state index in [2.05, 4.69) is 12.1 Å². The van der Waals surface area contributed by atoms with Gasteiger partial charge in [0.1, 0.15) is 11.2 Å². The highest BCUT2D eigenvalue weighted by atomic mass is 16.4.